The first-order valence-electron chi connectivity index (χ1n) is 20.2. The van der Waals surface area contributed by atoms with Crippen LogP contribution in [0.2, 0.25) is 0 Å². The quantitative estimate of drug-likeness (QED) is 0.107. The minimum absolute atomic E-state index is 1.10. The van der Waals surface area contributed by atoms with E-state index in [1.54, 1.807) is 0 Å². The lowest BCUT2D eigenvalue weighted by molar-refractivity contribution is 1.52. The van der Waals surface area contributed by atoms with Crippen molar-refractivity contribution in [1.29, 1.82) is 0 Å². The fourth-order valence-corrected chi connectivity index (χ4v) is 20.3. The van der Waals surface area contributed by atoms with Crippen molar-refractivity contribution in [1.82, 2.24) is 0 Å². The van der Waals surface area contributed by atoms with Crippen LogP contribution in [0.1, 0.15) is 22.3 Å². The minimum Gasteiger partial charge on any atom is -0.158 e. The van der Waals surface area contributed by atoms with Gasteiger partial charge in [-0.25, -0.2) is 0 Å². The summed E-state index contributed by atoms with van der Waals surface area (Å²) in [5.74, 6) is -2.46. The van der Waals surface area contributed by atoms with Gasteiger partial charge >= 0.3 is 0 Å². The van der Waals surface area contributed by atoms with E-state index >= 15 is 0 Å². The number of hydrogen-bond donors (Lipinski definition) is 0. The molecule has 0 N–H and O–H groups in total. The van der Waals surface area contributed by atoms with Crippen LogP contribution >= 0.6 is 14.3 Å². The first-order valence-corrected chi connectivity index (χ1v) is 26.0. The predicted octanol–water partition coefficient (Wildman–Crippen LogP) is 10.7. The zero-order valence-corrected chi connectivity index (χ0v) is 34.9. The molecule has 0 saturated carbocycles. The third kappa shape index (κ3) is 5.68. The van der Waals surface area contributed by atoms with E-state index in [1.165, 1.54) is 66.2 Å². The molecule has 0 radical (unpaired) electrons. The minimum atomic E-state index is -1.62. The molecule has 9 rings (SSSR count). The van der Waals surface area contributed by atoms with Crippen molar-refractivity contribution in [3.63, 3.8) is 0 Å². The van der Waals surface area contributed by atoms with Gasteiger partial charge in [0.25, 0.3) is 0 Å². The summed E-state index contributed by atoms with van der Waals surface area (Å²) in [5, 5.41) is 0. The number of hydrogen-bond acceptors (Lipinski definition) is 0. The van der Waals surface area contributed by atoms with Gasteiger partial charge in [0.15, 0.2) is 0 Å². The Bertz CT molecular complexity index is 2270. The van der Waals surface area contributed by atoms with Gasteiger partial charge in [0, 0.05) is 39.0 Å². The Morgan fingerprint density at radius 2 is 0.518 bits per heavy atom. The summed E-state index contributed by atoms with van der Waals surface area (Å²) in [7, 11) is -3.24. The summed E-state index contributed by atoms with van der Waals surface area (Å²) in [4.78, 5) is 0. The normalized spacial score (nSPS) is 17.9. The Hall–Kier alpha value is -4.99. The molecule has 7 aromatic rings. The van der Waals surface area contributed by atoms with Crippen molar-refractivity contribution in [3.05, 3.63) is 229 Å². The first kappa shape index (κ1) is 36.6. The molecule has 0 aromatic heterocycles. The van der Waals surface area contributed by atoms with Crippen LogP contribution < -0.4 is 21.9 Å². The highest BCUT2D eigenvalue weighted by atomic mass is 31.2. The Balaban J connectivity index is 1.29. The third-order valence-electron chi connectivity index (χ3n) is 13.6. The van der Waals surface area contributed by atoms with Gasteiger partial charge in [-0.3, -0.25) is 0 Å². The molecule has 0 amide bonds. The summed E-state index contributed by atoms with van der Waals surface area (Å²) in [6.45, 7) is 10.5. The highest BCUT2D eigenvalue weighted by molar-refractivity contribution is 8.15. The van der Waals surface area contributed by atoms with Crippen molar-refractivity contribution < 1.29 is 0 Å². The van der Waals surface area contributed by atoms with E-state index in [2.05, 4.69) is 233 Å². The highest BCUT2D eigenvalue weighted by Crippen LogP contribution is 2.72. The zero-order valence-electron chi connectivity index (χ0n) is 33.1. The van der Waals surface area contributed by atoms with Gasteiger partial charge in [-0.15, -0.1) is 25.2 Å². The van der Waals surface area contributed by atoms with Crippen LogP contribution in [0.15, 0.2) is 206 Å². The summed E-state index contributed by atoms with van der Waals surface area (Å²) in [6, 6.07) is 78.3. The molecule has 56 heavy (non-hydrogen) atoms. The SMILES string of the molecule is C[P+]1(C)CC(c2ccc(C3=C(c4ccccc4)[B-](c4ccccc4)(c4ccccc4)[P+](C)(C)C3)cc2)=C(c2ccccc2)[B-]1(c1ccccc1)c1ccccc1. The van der Waals surface area contributed by atoms with Crippen LogP contribution in [0, 0.1) is 0 Å². The first-order chi connectivity index (χ1) is 27.3. The van der Waals surface area contributed by atoms with Crippen molar-refractivity contribution in [3.8, 4) is 0 Å². The Kier molecular flexibility index (Phi) is 9.49. The average Bonchev–Trinajstić information content (AvgIpc) is 3.67. The number of allylic oxidation sites excluding steroid dienone is 2. The summed E-state index contributed by atoms with van der Waals surface area (Å²) >= 11 is 0. The molecule has 0 atom stereocenters. The van der Waals surface area contributed by atoms with Gasteiger partial charge in [0.05, 0.1) is 0 Å². The second kappa shape index (κ2) is 14.5. The van der Waals surface area contributed by atoms with E-state index in [0.717, 1.165) is 12.3 Å². The van der Waals surface area contributed by atoms with E-state index in [4.69, 9.17) is 0 Å². The molecule has 2 heterocycles. The zero-order chi connectivity index (χ0) is 38.4. The fraction of sp³-hybridized carbons (Fsp3) is 0.115. The van der Waals surface area contributed by atoms with Gasteiger partial charge in [-0.05, 0) is 22.3 Å². The largest absolute Gasteiger partial charge is 0.247 e. The molecule has 0 aliphatic carbocycles. The molecule has 0 saturated heterocycles. The Morgan fingerprint density at radius 3 is 0.768 bits per heavy atom. The molecule has 7 aromatic carbocycles. The number of benzene rings is 7. The maximum atomic E-state index is 2.62. The van der Waals surface area contributed by atoms with Crippen LogP contribution in [0.4, 0.5) is 0 Å². The molecule has 2 aliphatic heterocycles. The fourth-order valence-electron chi connectivity index (χ4n) is 11.5. The monoisotopic (exact) mass is 758 g/mol. The molecule has 0 fully saturated rings. The summed E-state index contributed by atoms with van der Waals surface area (Å²) < 4.78 is 0. The Morgan fingerprint density at radius 1 is 0.286 bits per heavy atom. The van der Waals surface area contributed by atoms with E-state index in [9.17, 15) is 0 Å². The van der Waals surface area contributed by atoms with Gasteiger partial charge < -0.3 is 0 Å². The van der Waals surface area contributed by atoms with Crippen LogP contribution in [-0.4, -0.2) is 50.7 Å². The molecule has 274 valence electrons. The molecule has 0 unspecified atom stereocenters. The van der Waals surface area contributed by atoms with E-state index < -0.39 is 26.0 Å². The average molecular weight is 759 g/mol. The second-order valence-electron chi connectivity index (χ2n) is 17.3. The maximum absolute atomic E-state index is 2.62. The summed E-state index contributed by atoms with van der Waals surface area (Å²) in [5.41, 5.74) is 17.3. The van der Waals surface area contributed by atoms with Crippen molar-refractivity contribution in [2.75, 3.05) is 39.0 Å². The van der Waals surface area contributed by atoms with Gasteiger partial charge in [-0.1, -0.05) is 217 Å². The number of rotatable bonds is 8. The van der Waals surface area contributed by atoms with Crippen molar-refractivity contribution in [2.24, 2.45) is 0 Å². The van der Waals surface area contributed by atoms with Crippen LogP contribution in [0.5, 0.6) is 0 Å². The summed E-state index contributed by atoms with van der Waals surface area (Å²) in [6.07, 6.45) is 2.20. The highest BCUT2D eigenvalue weighted by Gasteiger charge is 2.58. The standard InChI is InChI=1S/C52H50B2P2/c1-55(2)39-49(51(43-23-11-5-12-24-43)53(55,45-27-15-7-16-28-45)46-29-17-8-18-30-46)41-35-37-42(38-36-41)50-40-56(3,4)54(47-31-19-9-20-32-47,48-33-21-10-22-34-48)52(50)44-25-13-6-14-26-44/h5-38H,39-40H2,1-4H3. The van der Waals surface area contributed by atoms with Crippen molar-refractivity contribution >= 4 is 70.0 Å². The van der Waals surface area contributed by atoms with Crippen LogP contribution in [0.3, 0.4) is 0 Å². The topological polar surface area (TPSA) is 0 Å². The predicted molar refractivity (Wildman–Crippen MR) is 256 cm³/mol. The second-order valence-corrected chi connectivity index (χ2v) is 26.5. The van der Waals surface area contributed by atoms with Gasteiger partial charge in [0.1, 0.15) is 0 Å². The maximum Gasteiger partial charge on any atom is 0.247 e. The molecule has 0 nitrogen and oxygen atoms in total. The van der Waals surface area contributed by atoms with E-state index in [1.807, 2.05) is 0 Å². The molecule has 2 aliphatic rings. The molecule has 4 heteroatoms. The van der Waals surface area contributed by atoms with Gasteiger partial charge in [0.2, 0.25) is 11.7 Å². The lowest BCUT2D eigenvalue weighted by Gasteiger charge is -2.45. The van der Waals surface area contributed by atoms with Crippen LogP contribution in [-0.2, 0) is 0 Å². The van der Waals surface area contributed by atoms with Crippen molar-refractivity contribution in [2.45, 2.75) is 0 Å². The molecular weight excluding hydrogens is 708 g/mol. The lowest BCUT2D eigenvalue weighted by Crippen LogP contribution is -2.59. The van der Waals surface area contributed by atoms with E-state index in [-0.39, 0.29) is 0 Å². The molecule has 0 bridgehead atoms. The van der Waals surface area contributed by atoms with E-state index in [0.29, 0.717) is 0 Å². The van der Waals surface area contributed by atoms with Gasteiger partial charge in [-0.2, -0.15) is 21.9 Å². The molecular formula is C52H50B2P2. The third-order valence-corrected chi connectivity index (χ3v) is 21.8. The molecule has 0 spiro atoms. The smallest absolute Gasteiger partial charge is 0.158 e. The Labute approximate surface area is 335 Å². The lowest BCUT2D eigenvalue weighted by atomic mass is 9.32. The van der Waals surface area contributed by atoms with Crippen LogP contribution in [0.25, 0.3) is 22.1 Å².